The first-order valence-corrected chi connectivity index (χ1v) is 17.3. The molecule has 0 bridgehead atoms. The molecule has 1 nitrogen and oxygen atoms in total. The maximum Gasteiger partial charge on any atom is 0.0489 e. The van der Waals surface area contributed by atoms with Crippen LogP contribution >= 0.6 is 0 Å². The first-order chi connectivity index (χ1) is 24.0. The molecular weight excluding hydrogens is 591 g/mol. The van der Waals surface area contributed by atoms with E-state index in [1.54, 1.807) is 0 Å². The second kappa shape index (κ2) is 10.3. The summed E-state index contributed by atoms with van der Waals surface area (Å²) < 4.78 is 2.31. The van der Waals surface area contributed by atoms with E-state index in [1.165, 1.54) is 99.0 Å². The van der Waals surface area contributed by atoms with Gasteiger partial charge in [0, 0.05) is 34.3 Å². The van der Waals surface area contributed by atoms with E-state index in [0.29, 0.717) is 0 Å². The number of aromatic nitrogens is 1. The molecule has 1 heteroatoms. The molecule has 0 saturated heterocycles. The fraction of sp³-hybridized carbons (Fsp3) is 0.0833. The second-order valence-electron chi connectivity index (χ2n) is 14.2. The smallest absolute Gasteiger partial charge is 0.0489 e. The summed E-state index contributed by atoms with van der Waals surface area (Å²) in [6, 6.07) is 58.8. The van der Waals surface area contributed by atoms with Crippen molar-refractivity contribution in [2.24, 2.45) is 7.05 Å². The summed E-state index contributed by atoms with van der Waals surface area (Å²) in [4.78, 5) is 0. The highest BCUT2D eigenvalue weighted by Crippen LogP contribution is 2.51. The first kappa shape index (κ1) is 28.1. The second-order valence-corrected chi connectivity index (χ2v) is 14.2. The Hall–Kier alpha value is -5.92. The molecule has 232 valence electrons. The Labute approximate surface area is 286 Å². The minimum atomic E-state index is -0.0729. The first-order valence-electron chi connectivity index (χ1n) is 17.3. The molecule has 0 spiro atoms. The van der Waals surface area contributed by atoms with Crippen LogP contribution in [0.4, 0.5) is 0 Å². The van der Waals surface area contributed by atoms with Gasteiger partial charge in [-0.25, -0.2) is 0 Å². The standard InChI is InChI=1S/C48H35N/c1-48(2)42-19-11-9-15-34(42)35-24-22-33(29-43(35)48)47-38-18-8-7-17-37(38)46(39-25-21-31(27-41(39)47)30-13-5-4-6-14-30)32-23-26-45-40(28-32)36-16-10-12-20-44(36)49(45)3/h4-29H,1-3H3. The van der Waals surface area contributed by atoms with E-state index >= 15 is 0 Å². The van der Waals surface area contributed by atoms with Crippen LogP contribution in [0.1, 0.15) is 25.0 Å². The van der Waals surface area contributed by atoms with Crippen LogP contribution in [-0.2, 0) is 12.5 Å². The molecule has 0 radical (unpaired) electrons. The molecule has 1 aromatic heterocycles. The lowest BCUT2D eigenvalue weighted by atomic mass is 9.80. The number of hydrogen-bond donors (Lipinski definition) is 0. The zero-order valence-electron chi connectivity index (χ0n) is 28.0. The lowest BCUT2D eigenvalue weighted by Crippen LogP contribution is -2.14. The summed E-state index contributed by atoms with van der Waals surface area (Å²) in [6.07, 6.45) is 0. The topological polar surface area (TPSA) is 4.93 Å². The number of nitrogens with zero attached hydrogens (tertiary/aromatic N) is 1. The summed E-state index contributed by atoms with van der Waals surface area (Å²) in [7, 11) is 2.17. The minimum absolute atomic E-state index is 0.0729. The Morgan fingerprint density at radius 1 is 0.367 bits per heavy atom. The van der Waals surface area contributed by atoms with E-state index in [2.05, 4.69) is 183 Å². The average Bonchev–Trinajstić information content (AvgIpc) is 3.56. The molecule has 0 atom stereocenters. The van der Waals surface area contributed by atoms with Crippen LogP contribution in [0.5, 0.6) is 0 Å². The van der Waals surface area contributed by atoms with E-state index < -0.39 is 0 Å². The van der Waals surface area contributed by atoms with Crippen LogP contribution in [-0.4, -0.2) is 4.57 Å². The molecule has 0 aliphatic heterocycles. The van der Waals surface area contributed by atoms with Crippen molar-refractivity contribution in [2.45, 2.75) is 19.3 Å². The molecule has 9 aromatic rings. The molecule has 49 heavy (non-hydrogen) atoms. The van der Waals surface area contributed by atoms with Gasteiger partial charge in [0.05, 0.1) is 0 Å². The summed E-state index contributed by atoms with van der Waals surface area (Å²) in [5.41, 5.74) is 15.5. The van der Waals surface area contributed by atoms with Crippen molar-refractivity contribution in [3.63, 3.8) is 0 Å². The van der Waals surface area contributed by atoms with Crippen molar-refractivity contribution in [2.75, 3.05) is 0 Å². The molecule has 0 saturated carbocycles. The zero-order valence-corrected chi connectivity index (χ0v) is 28.0. The largest absolute Gasteiger partial charge is 0.344 e. The molecule has 8 aromatic carbocycles. The number of para-hydroxylation sites is 1. The van der Waals surface area contributed by atoms with Gasteiger partial charge in [0.15, 0.2) is 0 Å². The van der Waals surface area contributed by atoms with E-state index in [4.69, 9.17) is 0 Å². The Balaban J connectivity index is 1.30. The van der Waals surface area contributed by atoms with Gasteiger partial charge in [0.2, 0.25) is 0 Å². The molecule has 0 amide bonds. The van der Waals surface area contributed by atoms with Crippen LogP contribution in [0.15, 0.2) is 158 Å². The van der Waals surface area contributed by atoms with E-state index in [-0.39, 0.29) is 5.41 Å². The van der Waals surface area contributed by atoms with Crippen molar-refractivity contribution in [1.82, 2.24) is 4.57 Å². The predicted octanol–water partition coefficient (Wildman–Crippen LogP) is 12.9. The molecule has 1 aliphatic carbocycles. The molecule has 1 heterocycles. The van der Waals surface area contributed by atoms with Gasteiger partial charge < -0.3 is 4.57 Å². The molecular formula is C48H35N. The molecule has 1 aliphatic rings. The van der Waals surface area contributed by atoms with Crippen LogP contribution in [0.25, 0.3) is 87.9 Å². The van der Waals surface area contributed by atoms with Gasteiger partial charge >= 0.3 is 0 Å². The molecule has 0 fully saturated rings. The maximum absolute atomic E-state index is 2.48. The normalized spacial score (nSPS) is 13.4. The summed E-state index contributed by atoms with van der Waals surface area (Å²) in [5, 5.41) is 7.69. The fourth-order valence-electron chi connectivity index (χ4n) is 8.79. The number of hydrogen-bond acceptors (Lipinski definition) is 0. The van der Waals surface area contributed by atoms with Gasteiger partial charge in [-0.15, -0.1) is 0 Å². The van der Waals surface area contributed by atoms with E-state index in [0.717, 1.165) is 0 Å². The molecule has 0 unspecified atom stereocenters. The summed E-state index contributed by atoms with van der Waals surface area (Å²) in [6.45, 7) is 4.75. The maximum atomic E-state index is 2.48. The van der Waals surface area contributed by atoms with Gasteiger partial charge in [0.25, 0.3) is 0 Å². The fourth-order valence-corrected chi connectivity index (χ4v) is 8.79. The quantitative estimate of drug-likeness (QED) is 0.172. The van der Waals surface area contributed by atoms with Crippen LogP contribution < -0.4 is 0 Å². The molecule has 10 rings (SSSR count). The van der Waals surface area contributed by atoms with Crippen molar-refractivity contribution in [3.05, 3.63) is 169 Å². The van der Waals surface area contributed by atoms with Crippen molar-refractivity contribution in [1.29, 1.82) is 0 Å². The number of rotatable bonds is 3. The van der Waals surface area contributed by atoms with Crippen molar-refractivity contribution >= 4 is 43.4 Å². The van der Waals surface area contributed by atoms with Gasteiger partial charge in [-0.1, -0.05) is 141 Å². The zero-order chi connectivity index (χ0) is 32.9. The highest BCUT2D eigenvalue weighted by molar-refractivity contribution is 6.23. The van der Waals surface area contributed by atoms with E-state index in [9.17, 15) is 0 Å². The minimum Gasteiger partial charge on any atom is -0.344 e. The number of aryl methyl sites for hydroxylation is 1. The van der Waals surface area contributed by atoms with Crippen LogP contribution in [0, 0.1) is 0 Å². The lowest BCUT2D eigenvalue weighted by Gasteiger charge is -2.23. The Bertz CT molecular complexity index is 2790. The van der Waals surface area contributed by atoms with Crippen molar-refractivity contribution < 1.29 is 0 Å². The highest BCUT2D eigenvalue weighted by Gasteiger charge is 2.35. The summed E-state index contributed by atoms with van der Waals surface area (Å²) >= 11 is 0. The SMILES string of the molecule is Cn1c2ccccc2c2cc(-c3c4ccccc4c(-c4ccc5c(c4)C(C)(C)c4ccccc4-5)c4cc(-c5ccccc5)ccc34)ccc21. The molecule has 0 N–H and O–H groups in total. The Morgan fingerprint density at radius 3 is 1.73 bits per heavy atom. The highest BCUT2D eigenvalue weighted by atomic mass is 14.9. The van der Waals surface area contributed by atoms with Gasteiger partial charge in [-0.3, -0.25) is 0 Å². The van der Waals surface area contributed by atoms with Gasteiger partial charge in [-0.2, -0.15) is 0 Å². The number of benzene rings is 8. The third kappa shape index (κ3) is 3.99. The van der Waals surface area contributed by atoms with Crippen LogP contribution in [0.2, 0.25) is 0 Å². The third-order valence-corrected chi connectivity index (χ3v) is 11.2. The van der Waals surface area contributed by atoms with Gasteiger partial charge in [0.1, 0.15) is 0 Å². The van der Waals surface area contributed by atoms with Gasteiger partial charge in [-0.05, 0) is 108 Å². The lowest BCUT2D eigenvalue weighted by molar-refractivity contribution is 0.660. The van der Waals surface area contributed by atoms with Crippen LogP contribution in [0.3, 0.4) is 0 Å². The number of fused-ring (bicyclic) bond motifs is 8. The average molecular weight is 626 g/mol. The monoisotopic (exact) mass is 625 g/mol. The van der Waals surface area contributed by atoms with Crippen molar-refractivity contribution in [3.8, 4) is 44.5 Å². The predicted molar refractivity (Wildman–Crippen MR) is 209 cm³/mol. The van der Waals surface area contributed by atoms with E-state index in [1.807, 2.05) is 0 Å². The Morgan fingerprint density at radius 2 is 0.918 bits per heavy atom. The Kier molecular flexibility index (Phi) is 5.91. The third-order valence-electron chi connectivity index (χ3n) is 11.2. The summed E-state index contributed by atoms with van der Waals surface area (Å²) in [5.74, 6) is 0.